The number of hydrogen-bond acceptors (Lipinski definition) is 3. The highest BCUT2D eigenvalue weighted by molar-refractivity contribution is 5.85. The standard InChI is InChI=1S/C6H12N2O2.ClH/c1-7-10-6(9)8-5-3-2-4-5;/h5,7H,2-4H2,1H3,(H,8,9);1H. The Labute approximate surface area is 72.0 Å². The number of halogens is 1. The van der Waals surface area contributed by atoms with Gasteiger partial charge in [0.1, 0.15) is 0 Å². The summed E-state index contributed by atoms with van der Waals surface area (Å²) >= 11 is 0. The van der Waals surface area contributed by atoms with E-state index in [1.165, 1.54) is 6.42 Å². The maximum absolute atomic E-state index is 10.7. The molecule has 0 aromatic heterocycles. The molecular weight excluding hydrogens is 168 g/mol. The van der Waals surface area contributed by atoms with E-state index in [4.69, 9.17) is 0 Å². The van der Waals surface area contributed by atoms with E-state index in [9.17, 15) is 4.79 Å². The van der Waals surface area contributed by atoms with Gasteiger partial charge in [0.2, 0.25) is 0 Å². The molecule has 1 aliphatic carbocycles. The maximum atomic E-state index is 10.7. The first-order chi connectivity index (χ1) is 4.83. The van der Waals surface area contributed by atoms with Crippen molar-refractivity contribution in [2.24, 2.45) is 0 Å². The van der Waals surface area contributed by atoms with Gasteiger partial charge in [-0.15, -0.1) is 12.4 Å². The average molecular weight is 181 g/mol. The lowest BCUT2D eigenvalue weighted by Gasteiger charge is -2.25. The van der Waals surface area contributed by atoms with E-state index in [-0.39, 0.29) is 18.5 Å². The molecule has 1 aliphatic rings. The van der Waals surface area contributed by atoms with Gasteiger partial charge in [0, 0.05) is 13.1 Å². The van der Waals surface area contributed by atoms with Crippen molar-refractivity contribution in [2.45, 2.75) is 25.3 Å². The van der Waals surface area contributed by atoms with Crippen LogP contribution in [-0.2, 0) is 4.84 Å². The first-order valence-corrected chi connectivity index (χ1v) is 3.47. The van der Waals surface area contributed by atoms with Crippen molar-refractivity contribution in [1.82, 2.24) is 10.8 Å². The minimum atomic E-state index is -0.382. The Hall–Kier alpha value is -0.480. The molecule has 0 saturated heterocycles. The zero-order valence-corrected chi connectivity index (χ0v) is 7.24. The summed E-state index contributed by atoms with van der Waals surface area (Å²) in [7, 11) is 1.56. The second kappa shape index (κ2) is 5.21. The van der Waals surface area contributed by atoms with Gasteiger partial charge >= 0.3 is 6.09 Å². The van der Waals surface area contributed by atoms with Gasteiger partial charge in [0.15, 0.2) is 0 Å². The third kappa shape index (κ3) is 3.43. The van der Waals surface area contributed by atoms with Crippen LogP contribution < -0.4 is 10.8 Å². The Morgan fingerprint density at radius 3 is 2.55 bits per heavy atom. The second-order valence-corrected chi connectivity index (χ2v) is 2.37. The van der Waals surface area contributed by atoms with Crippen molar-refractivity contribution in [2.75, 3.05) is 7.05 Å². The van der Waals surface area contributed by atoms with E-state index in [1.807, 2.05) is 0 Å². The Balaban J connectivity index is 0.000001000. The van der Waals surface area contributed by atoms with E-state index in [1.54, 1.807) is 7.05 Å². The molecule has 0 aromatic carbocycles. The van der Waals surface area contributed by atoms with Crippen molar-refractivity contribution in [1.29, 1.82) is 0 Å². The van der Waals surface area contributed by atoms with Crippen LogP contribution in [0.1, 0.15) is 19.3 Å². The van der Waals surface area contributed by atoms with Gasteiger partial charge in [-0.1, -0.05) is 0 Å². The molecule has 0 spiro atoms. The van der Waals surface area contributed by atoms with E-state index in [2.05, 4.69) is 15.6 Å². The highest BCUT2D eigenvalue weighted by atomic mass is 35.5. The van der Waals surface area contributed by atoms with Gasteiger partial charge in [0.05, 0.1) is 0 Å². The van der Waals surface area contributed by atoms with Gasteiger partial charge in [0.25, 0.3) is 0 Å². The molecule has 0 heterocycles. The Kier molecular flexibility index (Phi) is 4.98. The summed E-state index contributed by atoms with van der Waals surface area (Å²) in [6.07, 6.45) is 2.99. The number of hydroxylamine groups is 1. The van der Waals surface area contributed by atoms with Gasteiger partial charge in [-0.2, -0.15) is 5.48 Å². The molecule has 4 nitrogen and oxygen atoms in total. The molecule has 1 rings (SSSR count). The molecular formula is C6H13ClN2O2. The largest absolute Gasteiger partial charge is 0.426 e. The lowest BCUT2D eigenvalue weighted by molar-refractivity contribution is 0.0951. The Bertz CT molecular complexity index is 128. The van der Waals surface area contributed by atoms with Crippen molar-refractivity contribution in [3.05, 3.63) is 0 Å². The number of carbonyl (C=O) groups is 1. The highest BCUT2D eigenvalue weighted by Crippen LogP contribution is 2.17. The minimum absolute atomic E-state index is 0. The fourth-order valence-electron chi connectivity index (χ4n) is 0.841. The smallest absolute Gasteiger partial charge is 0.354 e. The first-order valence-electron chi connectivity index (χ1n) is 3.47. The van der Waals surface area contributed by atoms with E-state index < -0.39 is 0 Å². The summed E-state index contributed by atoms with van der Waals surface area (Å²) in [4.78, 5) is 15.1. The summed E-state index contributed by atoms with van der Waals surface area (Å²) in [6.45, 7) is 0. The van der Waals surface area contributed by atoms with Crippen LogP contribution in [0.5, 0.6) is 0 Å². The number of amides is 1. The SMILES string of the molecule is CNOC(=O)NC1CCC1.Cl. The van der Waals surface area contributed by atoms with Crippen molar-refractivity contribution < 1.29 is 9.63 Å². The molecule has 1 amide bonds. The summed E-state index contributed by atoms with van der Waals surface area (Å²) in [5.74, 6) is 0. The zero-order valence-electron chi connectivity index (χ0n) is 6.42. The molecule has 5 heteroatoms. The summed E-state index contributed by atoms with van der Waals surface area (Å²) < 4.78 is 0. The van der Waals surface area contributed by atoms with Crippen LogP contribution in [0.3, 0.4) is 0 Å². The summed E-state index contributed by atoms with van der Waals surface area (Å²) in [5.41, 5.74) is 2.31. The molecule has 0 atom stereocenters. The number of rotatable bonds is 2. The van der Waals surface area contributed by atoms with Crippen molar-refractivity contribution in [3.63, 3.8) is 0 Å². The second-order valence-electron chi connectivity index (χ2n) is 2.37. The zero-order chi connectivity index (χ0) is 7.40. The molecule has 0 unspecified atom stereocenters. The topological polar surface area (TPSA) is 50.4 Å². The number of nitrogens with one attached hydrogen (secondary N) is 2. The normalized spacial score (nSPS) is 16.1. The summed E-state index contributed by atoms with van der Waals surface area (Å²) in [5, 5.41) is 2.69. The Morgan fingerprint density at radius 1 is 1.55 bits per heavy atom. The van der Waals surface area contributed by atoms with Crippen LogP contribution in [-0.4, -0.2) is 19.2 Å². The molecule has 66 valence electrons. The molecule has 0 aromatic rings. The van der Waals surface area contributed by atoms with Crippen LogP contribution in [0.25, 0.3) is 0 Å². The lowest BCUT2D eigenvalue weighted by Crippen LogP contribution is -2.41. The van der Waals surface area contributed by atoms with Gasteiger partial charge in [-0.3, -0.25) is 0 Å². The molecule has 11 heavy (non-hydrogen) atoms. The predicted molar refractivity (Wildman–Crippen MR) is 43.6 cm³/mol. The predicted octanol–water partition coefficient (Wildman–Crippen LogP) is 0.821. The first kappa shape index (κ1) is 10.5. The van der Waals surface area contributed by atoms with Crippen LogP contribution in [0.15, 0.2) is 0 Å². The monoisotopic (exact) mass is 180 g/mol. The molecule has 0 bridgehead atoms. The van der Waals surface area contributed by atoms with Crippen LogP contribution >= 0.6 is 12.4 Å². The van der Waals surface area contributed by atoms with Gasteiger partial charge in [-0.25, -0.2) is 4.79 Å². The van der Waals surface area contributed by atoms with E-state index in [0.717, 1.165) is 12.8 Å². The van der Waals surface area contributed by atoms with E-state index >= 15 is 0 Å². The quantitative estimate of drug-likeness (QED) is 0.619. The molecule has 1 fully saturated rings. The van der Waals surface area contributed by atoms with Gasteiger partial charge < -0.3 is 10.2 Å². The third-order valence-corrected chi connectivity index (χ3v) is 1.62. The fraction of sp³-hybridized carbons (Fsp3) is 0.833. The average Bonchev–Trinajstić information content (AvgIpc) is 1.80. The molecule has 0 radical (unpaired) electrons. The highest BCUT2D eigenvalue weighted by Gasteiger charge is 2.19. The summed E-state index contributed by atoms with van der Waals surface area (Å²) in [6, 6.07) is 0.348. The van der Waals surface area contributed by atoms with Crippen molar-refractivity contribution in [3.8, 4) is 0 Å². The maximum Gasteiger partial charge on any atom is 0.426 e. The van der Waals surface area contributed by atoms with Crippen LogP contribution in [0.2, 0.25) is 0 Å². The molecule has 0 aliphatic heterocycles. The lowest BCUT2D eigenvalue weighted by atomic mass is 9.93. The minimum Gasteiger partial charge on any atom is -0.354 e. The Morgan fingerprint density at radius 2 is 2.18 bits per heavy atom. The number of hydrogen-bond donors (Lipinski definition) is 2. The van der Waals surface area contributed by atoms with Crippen LogP contribution in [0, 0.1) is 0 Å². The van der Waals surface area contributed by atoms with E-state index in [0.29, 0.717) is 6.04 Å². The van der Waals surface area contributed by atoms with Crippen LogP contribution in [0.4, 0.5) is 4.79 Å². The fourth-order valence-corrected chi connectivity index (χ4v) is 0.841. The number of carbonyl (C=O) groups excluding carboxylic acids is 1. The molecule has 1 saturated carbocycles. The van der Waals surface area contributed by atoms with Crippen molar-refractivity contribution >= 4 is 18.5 Å². The third-order valence-electron chi connectivity index (χ3n) is 1.62. The molecule has 2 N–H and O–H groups in total. The van der Waals surface area contributed by atoms with Gasteiger partial charge in [-0.05, 0) is 19.3 Å².